The molecule has 0 radical (unpaired) electrons. The first-order valence-corrected chi connectivity index (χ1v) is 3.13. The van der Waals surface area contributed by atoms with Crippen molar-refractivity contribution in [2.45, 2.75) is 6.92 Å². The van der Waals surface area contributed by atoms with Crippen LogP contribution in [0.2, 0.25) is 0 Å². The first-order valence-electron chi connectivity index (χ1n) is 3.13. The molecule has 1 rings (SSSR count). The number of hydrogen-bond acceptors (Lipinski definition) is 2. The van der Waals surface area contributed by atoms with Crippen LogP contribution in [0, 0.1) is 0 Å². The Balaban J connectivity index is 2.59. The van der Waals surface area contributed by atoms with E-state index < -0.39 is 0 Å². The Kier molecular flexibility index (Phi) is 2.49. The highest BCUT2D eigenvalue weighted by atomic mass is 16.6. The molecule has 0 aliphatic heterocycles. The van der Waals surface area contributed by atoms with Crippen LogP contribution >= 0.6 is 0 Å². The second-order valence-corrected chi connectivity index (χ2v) is 1.77. The summed E-state index contributed by atoms with van der Waals surface area (Å²) in [6.45, 7) is 1.81. The molecule has 0 N–H and O–H groups in total. The summed E-state index contributed by atoms with van der Waals surface area (Å²) in [4.78, 5) is 4.92. The average molecular weight is 135 g/mol. The van der Waals surface area contributed by atoms with E-state index in [2.05, 4.69) is 5.16 Å². The van der Waals surface area contributed by atoms with Crippen molar-refractivity contribution >= 4 is 6.21 Å². The van der Waals surface area contributed by atoms with Crippen molar-refractivity contribution < 1.29 is 4.84 Å². The van der Waals surface area contributed by atoms with Crippen molar-refractivity contribution in [3.8, 4) is 5.75 Å². The molecule has 0 spiro atoms. The maximum Gasteiger partial charge on any atom is 0.157 e. The maximum absolute atomic E-state index is 4.92. The van der Waals surface area contributed by atoms with Gasteiger partial charge in [0.15, 0.2) is 5.75 Å². The Morgan fingerprint density at radius 2 is 2.00 bits per heavy atom. The van der Waals surface area contributed by atoms with Gasteiger partial charge in [-0.3, -0.25) is 0 Å². The normalized spacial score (nSPS) is 10.1. The molecule has 1 aromatic rings. The van der Waals surface area contributed by atoms with Gasteiger partial charge in [0.25, 0.3) is 0 Å². The second-order valence-electron chi connectivity index (χ2n) is 1.77. The van der Waals surface area contributed by atoms with Gasteiger partial charge < -0.3 is 4.84 Å². The lowest BCUT2D eigenvalue weighted by Gasteiger charge is -1.93. The molecule has 10 heavy (non-hydrogen) atoms. The molecule has 0 aliphatic rings. The van der Waals surface area contributed by atoms with Crippen molar-refractivity contribution in [1.29, 1.82) is 0 Å². The second kappa shape index (κ2) is 3.67. The zero-order valence-corrected chi connectivity index (χ0v) is 5.82. The van der Waals surface area contributed by atoms with E-state index in [1.165, 1.54) is 0 Å². The Bertz CT molecular complexity index is 206. The summed E-state index contributed by atoms with van der Waals surface area (Å²) in [7, 11) is 0. The Morgan fingerprint density at radius 1 is 1.30 bits per heavy atom. The van der Waals surface area contributed by atoms with E-state index in [0.29, 0.717) is 0 Å². The molecule has 0 saturated carbocycles. The van der Waals surface area contributed by atoms with Gasteiger partial charge in [0, 0.05) is 6.21 Å². The summed E-state index contributed by atoms with van der Waals surface area (Å²) in [5.41, 5.74) is 0. The number of para-hydroxylation sites is 1. The molecule has 0 heterocycles. The third-order valence-corrected chi connectivity index (χ3v) is 1.01. The molecule has 0 aromatic heterocycles. The minimum Gasteiger partial charge on any atom is -0.357 e. The zero-order chi connectivity index (χ0) is 7.23. The van der Waals surface area contributed by atoms with Gasteiger partial charge in [-0.25, -0.2) is 0 Å². The lowest BCUT2D eigenvalue weighted by molar-refractivity contribution is 0.343. The minimum atomic E-state index is 0.764. The molecule has 52 valence electrons. The van der Waals surface area contributed by atoms with E-state index in [0.717, 1.165) is 5.75 Å². The summed E-state index contributed by atoms with van der Waals surface area (Å²) in [5, 5.41) is 3.62. The van der Waals surface area contributed by atoms with Crippen LogP contribution in [-0.2, 0) is 0 Å². The highest BCUT2D eigenvalue weighted by Gasteiger charge is 1.84. The molecule has 2 heteroatoms. The van der Waals surface area contributed by atoms with E-state index in [9.17, 15) is 0 Å². The molecule has 0 unspecified atom stereocenters. The molecule has 0 aliphatic carbocycles. The molecule has 2 nitrogen and oxygen atoms in total. The number of rotatable bonds is 2. The molecular weight excluding hydrogens is 126 g/mol. The summed E-state index contributed by atoms with van der Waals surface area (Å²) in [5.74, 6) is 0.764. The van der Waals surface area contributed by atoms with E-state index in [-0.39, 0.29) is 0 Å². The SMILES string of the molecule is CC=NOc1ccccc1. The molecular formula is C8H9NO. The summed E-state index contributed by atoms with van der Waals surface area (Å²) in [6, 6.07) is 9.45. The van der Waals surface area contributed by atoms with Gasteiger partial charge in [0.1, 0.15) is 0 Å². The van der Waals surface area contributed by atoms with Crippen LogP contribution in [-0.4, -0.2) is 6.21 Å². The van der Waals surface area contributed by atoms with Gasteiger partial charge >= 0.3 is 0 Å². The molecule has 0 fully saturated rings. The van der Waals surface area contributed by atoms with Gasteiger partial charge in [-0.1, -0.05) is 23.4 Å². The fourth-order valence-electron chi connectivity index (χ4n) is 0.595. The smallest absolute Gasteiger partial charge is 0.157 e. The van der Waals surface area contributed by atoms with Crippen LogP contribution in [0.4, 0.5) is 0 Å². The predicted molar refractivity (Wildman–Crippen MR) is 41.2 cm³/mol. The van der Waals surface area contributed by atoms with E-state index in [1.54, 1.807) is 6.21 Å². The predicted octanol–water partition coefficient (Wildman–Crippen LogP) is 2.07. The van der Waals surface area contributed by atoms with Gasteiger partial charge in [-0.15, -0.1) is 0 Å². The minimum absolute atomic E-state index is 0.764. The van der Waals surface area contributed by atoms with Crippen LogP contribution in [0.1, 0.15) is 6.92 Å². The summed E-state index contributed by atoms with van der Waals surface area (Å²) < 4.78 is 0. The first-order chi connectivity index (χ1) is 4.93. The number of oxime groups is 1. The third kappa shape index (κ3) is 1.90. The molecule has 0 bridgehead atoms. The number of nitrogens with zero attached hydrogens (tertiary/aromatic N) is 1. The monoisotopic (exact) mass is 135 g/mol. The quantitative estimate of drug-likeness (QED) is 0.449. The average Bonchev–Trinajstić information content (AvgIpc) is 2.03. The Labute approximate surface area is 60.1 Å². The van der Waals surface area contributed by atoms with Crippen molar-refractivity contribution in [2.24, 2.45) is 5.16 Å². The van der Waals surface area contributed by atoms with Crippen LogP contribution < -0.4 is 4.84 Å². The van der Waals surface area contributed by atoms with Gasteiger partial charge in [-0.2, -0.15) is 0 Å². The lowest BCUT2D eigenvalue weighted by Crippen LogP contribution is -1.80. The maximum atomic E-state index is 4.92. The van der Waals surface area contributed by atoms with Crippen molar-refractivity contribution in [1.82, 2.24) is 0 Å². The van der Waals surface area contributed by atoms with Crippen molar-refractivity contribution in [3.05, 3.63) is 30.3 Å². The zero-order valence-electron chi connectivity index (χ0n) is 5.82. The molecule has 0 amide bonds. The summed E-state index contributed by atoms with van der Waals surface area (Å²) in [6.07, 6.45) is 1.60. The third-order valence-electron chi connectivity index (χ3n) is 1.01. The fraction of sp³-hybridized carbons (Fsp3) is 0.125. The van der Waals surface area contributed by atoms with Crippen LogP contribution in [0.3, 0.4) is 0 Å². The van der Waals surface area contributed by atoms with Crippen LogP contribution in [0.15, 0.2) is 35.5 Å². The highest BCUT2D eigenvalue weighted by molar-refractivity contribution is 5.52. The van der Waals surface area contributed by atoms with E-state index >= 15 is 0 Å². The summed E-state index contributed by atoms with van der Waals surface area (Å²) >= 11 is 0. The Hall–Kier alpha value is -1.31. The Morgan fingerprint density at radius 3 is 2.60 bits per heavy atom. The molecule has 0 saturated heterocycles. The lowest BCUT2D eigenvalue weighted by atomic mass is 10.3. The van der Waals surface area contributed by atoms with Crippen LogP contribution in [0.5, 0.6) is 5.75 Å². The standard InChI is InChI=1S/C8H9NO/c1-2-9-10-8-6-4-3-5-7-8/h2-7H,1H3. The highest BCUT2D eigenvalue weighted by Crippen LogP contribution is 2.07. The van der Waals surface area contributed by atoms with Gasteiger partial charge in [0.2, 0.25) is 0 Å². The largest absolute Gasteiger partial charge is 0.357 e. The molecule has 1 aromatic carbocycles. The van der Waals surface area contributed by atoms with Gasteiger partial charge in [0.05, 0.1) is 0 Å². The van der Waals surface area contributed by atoms with E-state index in [4.69, 9.17) is 4.84 Å². The molecule has 0 atom stereocenters. The topological polar surface area (TPSA) is 21.6 Å². The van der Waals surface area contributed by atoms with Gasteiger partial charge in [-0.05, 0) is 19.1 Å². The van der Waals surface area contributed by atoms with Crippen LogP contribution in [0.25, 0.3) is 0 Å². The van der Waals surface area contributed by atoms with E-state index in [1.807, 2.05) is 37.3 Å². The first kappa shape index (κ1) is 6.81. The van der Waals surface area contributed by atoms with Crippen molar-refractivity contribution in [3.63, 3.8) is 0 Å². The number of benzene rings is 1. The fourth-order valence-corrected chi connectivity index (χ4v) is 0.595. The number of hydrogen-bond donors (Lipinski definition) is 0. The van der Waals surface area contributed by atoms with Crippen molar-refractivity contribution in [2.75, 3.05) is 0 Å².